The van der Waals surface area contributed by atoms with Gasteiger partial charge in [0.1, 0.15) is 0 Å². The molecule has 0 fully saturated rings. The third-order valence-corrected chi connectivity index (χ3v) is 3.67. The molecule has 0 unspecified atom stereocenters. The number of halogens is 1. The number of benzene rings is 1. The summed E-state index contributed by atoms with van der Waals surface area (Å²) in [4.78, 5) is 0. The van der Waals surface area contributed by atoms with Gasteiger partial charge in [0.2, 0.25) is 0 Å². The Morgan fingerprint density at radius 3 is 2.59 bits per heavy atom. The summed E-state index contributed by atoms with van der Waals surface area (Å²) in [6.45, 7) is 4.26. The highest BCUT2D eigenvalue weighted by Gasteiger charge is 2.10. The van der Waals surface area contributed by atoms with Crippen LogP contribution in [0.25, 0.3) is 0 Å². The molecule has 0 bridgehead atoms. The van der Waals surface area contributed by atoms with Crippen molar-refractivity contribution in [2.24, 2.45) is 5.92 Å². The summed E-state index contributed by atoms with van der Waals surface area (Å²) >= 11 is 3.24. The fourth-order valence-electron chi connectivity index (χ4n) is 1.06. The molecule has 96 valence electrons. The molecule has 5 nitrogen and oxygen atoms in total. The van der Waals surface area contributed by atoms with Crippen LogP contribution in [0.3, 0.4) is 0 Å². The second-order valence-corrected chi connectivity index (χ2v) is 6.44. The highest BCUT2D eigenvalue weighted by Crippen LogP contribution is 2.23. The van der Waals surface area contributed by atoms with Crippen LogP contribution in [0.2, 0.25) is 0 Å². The Morgan fingerprint density at radius 2 is 2.06 bits per heavy atom. The lowest BCUT2D eigenvalue weighted by Gasteiger charge is -2.11. The first-order chi connectivity index (χ1) is 7.80. The summed E-state index contributed by atoms with van der Waals surface area (Å²) < 4.78 is 28.8. The first-order valence-corrected chi connectivity index (χ1v) is 7.40. The van der Waals surface area contributed by atoms with Crippen LogP contribution in [0.15, 0.2) is 22.7 Å². The normalized spacial score (nSPS) is 11.8. The monoisotopic (exact) mass is 321 g/mol. The Hall–Kier alpha value is -0.790. The zero-order valence-electron chi connectivity index (χ0n) is 9.70. The maximum absolute atomic E-state index is 11.6. The molecule has 0 atom stereocenters. The summed E-state index contributed by atoms with van der Waals surface area (Å²) in [6.07, 6.45) is 0. The lowest BCUT2D eigenvalue weighted by Crippen LogP contribution is -2.32. The lowest BCUT2D eigenvalue weighted by atomic mass is 10.2. The Kier molecular flexibility index (Phi) is 4.79. The summed E-state index contributed by atoms with van der Waals surface area (Å²) in [7, 11) is -3.52. The van der Waals surface area contributed by atoms with Crippen LogP contribution in [-0.2, 0) is 10.2 Å². The van der Waals surface area contributed by atoms with Crippen LogP contribution < -0.4 is 15.2 Å². The molecule has 0 aromatic heterocycles. The molecule has 17 heavy (non-hydrogen) atoms. The average molecular weight is 322 g/mol. The predicted molar refractivity (Wildman–Crippen MR) is 73.9 cm³/mol. The van der Waals surface area contributed by atoms with Gasteiger partial charge in [-0.2, -0.15) is 13.1 Å². The van der Waals surface area contributed by atoms with Crippen molar-refractivity contribution in [3.63, 3.8) is 0 Å². The molecule has 1 aromatic carbocycles. The minimum absolute atomic E-state index is 0.254. The van der Waals surface area contributed by atoms with Gasteiger partial charge >= 0.3 is 0 Å². The average Bonchev–Trinajstić information content (AvgIpc) is 2.21. The molecule has 1 rings (SSSR count). The summed E-state index contributed by atoms with van der Waals surface area (Å²) in [6, 6.07) is 4.85. The van der Waals surface area contributed by atoms with Crippen LogP contribution in [-0.4, -0.2) is 15.0 Å². The van der Waals surface area contributed by atoms with E-state index in [4.69, 9.17) is 5.73 Å². The molecule has 4 N–H and O–H groups in total. The van der Waals surface area contributed by atoms with E-state index in [1.807, 2.05) is 13.8 Å². The molecular weight excluding hydrogens is 306 g/mol. The van der Waals surface area contributed by atoms with Gasteiger partial charge in [0, 0.05) is 16.7 Å². The Bertz CT molecular complexity index is 488. The highest BCUT2D eigenvalue weighted by atomic mass is 79.9. The number of nitrogen functional groups attached to an aromatic ring is 1. The Balaban J connectivity index is 2.73. The van der Waals surface area contributed by atoms with E-state index >= 15 is 0 Å². The maximum atomic E-state index is 11.6. The first kappa shape index (κ1) is 14.3. The summed E-state index contributed by atoms with van der Waals surface area (Å²) in [5, 5.41) is 0. The molecule has 0 amide bonds. The predicted octanol–water partition coefficient (Wildman–Crippen LogP) is 1.93. The fourth-order valence-corrected chi connectivity index (χ4v) is 2.50. The van der Waals surface area contributed by atoms with Gasteiger partial charge in [-0.3, -0.25) is 4.72 Å². The smallest absolute Gasteiger partial charge is 0.299 e. The van der Waals surface area contributed by atoms with Gasteiger partial charge < -0.3 is 5.73 Å². The lowest BCUT2D eigenvalue weighted by molar-refractivity contribution is 0.565. The number of anilines is 2. The van der Waals surface area contributed by atoms with Gasteiger partial charge in [-0.15, -0.1) is 0 Å². The minimum Gasteiger partial charge on any atom is -0.398 e. The Morgan fingerprint density at radius 1 is 1.41 bits per heavy atom. The molecule has 0 saturated heterocycles. The van der Waals surface area contributed by atoms with E-state index in [1.54, 1.807) is 18.2 Å². The zero-order chi connectivity index (χ0) is 13.1. The number of hydrogen-bond donors (Lipinski definition) is 3. The van der Waals surface area contributed by atoms with Gasteiger partial charge in [-0.05, 0) is 40.0 Å². The van der Waals surface area contributed by atoms with Crippen LogP contribution in [0.4, 0.5) is 11.4 Å². The van der Waals surface area contributed by atoms with Crippen LogP contribution in [0, 0.1) is 5.92 Å². The van der Waals surface area contributed by atoms with E-state index in [2.05, 4.69) is 25.4 Å². The molecular formula is C10H16BrN3O2S. The highest BCUT2D eigenvalue weighted by molar-refractivity contribution is 9.10. The van der Waals surface area contributed by atoms with Crippen LogP contribution in [0.1, 0.15) is 13.8 Å². The van der Waals surface area contributed by atoms with Crippen molar-refractivity contribution in [1.82, 2.24) is 4.72 Å². The van der Waals surface area contributed by atoms with Crippen molar-refractivity contribution in [3.05, 3.63) is 22.7 Å². The number of nitrogens with two attached hydrogens (primary N) is 1. The summed E-state index contributed by atoms with van der Waals surface area (Å²) in [5.41, 5.74) is 6.63. The van der Waals surface area contributed by atoms with Crippen molar-refractivity contribution >= 4 is 37.5 Å². The van der Waals surface area contributed by atoms with E-state index in [0.29, 0.717) is 22.4 Å². The van der Waals surface area contributed by atoms with Crippen molar-refractivity contribution in [2.45, 2.75) is 13.8 Å². The van der Waals surface area contributed by atoms with Crippen LogP contribution >= 0.6 is 15.9 Å². The third-order valence-electron chi connectivity index (χ3n) is 1.93. The van der Waals surface area contributed by atoms with Crippen LogP contribution in [0.5, 0.6) is 0 Å². The maximum Gasteiger partial charge on any atom is 0.299 e. The molecule has 0 aliphatic heterocycles. The van der Waals surface area contributed by atoms with Gasteiger partial charge in [0.15, 0.2) is 0 Å². The van der Waals surface area contributed by atoms with E-state index < -0.39 is 10.2 Å². The van der Waals surface area contributed by atoms with Crippen molar-refractivity contribution in [2.75, 3.05) is 17.0 Å². The number of hydrogen-bond acceptors (Lipinski definition) is 3. The molecule has 0 aliphatic rings. The molecule has 0 aliphatic carbocycles. The second kappa shape index (κ2) is 5.70. The van der Waals surface area contributed by atoms with E-state index in [1.165, 1.54) is 0 Å². The van der Waals surface area contributed by atoms with E-state index in [0.717, 1.165) is 0 Å². The second-order valence-electron chi connectivity index (χ2n) is 4.08. The first-order valence-electron chi connectivity index (χ1n) is 5.12. The topological polar surface area (TPSA) is 84.2 Å². The minimum atomic E-state index is -3.52. The molecule has 0 heterocycles. The van der Waals surface area contributed by atoms with Crippen molar-refractivity contribution < 1.29 is 8.42 Å². The zero-order valence-corrected chi connectivity index (χ0v) is 12.1. The van der Waals surface area contributed by atoms with Gasteiger partial charge in [0.05, 0.1) is 5.69 Å². The van der Waals surface area contributed by atoms with Gasteiger partial charge in [0.25, 0.3) is 10.2 Å². The molecule has 0 saturated carbocycles. The van der Waals surface area contributed by atoms with Gasteiger partial charge in [-0.1, -0.05) is 13.8 Å². The van der Waals surface area contributed by atoms with Gasteiger partial charge in [-0.25, -0.2) is 0 Å². The standard InChI is InChI=1S/C10H16BrN3O2S/c1-7(2)6-13-17(15,16)14-8-3-4-10(12)9(11)5-8/h3-5,7,13-14H,6,12H2,1-2H3. The molecule has 1 aromatic rings. The quantitative estimate of drug-likeness (QED) is 0.724. The largest absolute Gasteiger partial charge is 0.398 e. The number of rotatable bonds is 5. The van der Waals surface area contributed by atoms with E-state index in [9.17, 15) is 8.42 Å². The van der Waals surface area contributed by atoms with E-state index in [-0.39, 0.29) is 5.92 Å². The molecule has 7 heteroatoms. The number of nitrogens with one attached hydrogen (secondary N) is 2. The third kappa shape index (κ3) is 4.93. The summed E-state index contributed by atoms with van der Waals surface area (Å²) in [5.74, 6) is 0.254. The van der Waals surface area contributed by atoms with Crippen molar-refractivity contribution in [3.8, 4) is 0 Å². The Labute approximate surface area is 110 Å². The molecule has 0 radical (unpaired) electrons. The molecule has 0 spiro atoms. The van der Waals surface area contributed by atoms with Crippen molar-refractivity contribution in [1.29, 1.82) is 0 Å². The SMILES string of the molecule is CC(C)CNS(=O)(=O)Nc1ccc(N)c(Br)c1. The fraction of sp³-hybridized carbons (Fsp3) is 0.400.